The lowest BCUT2D eigenvalue weighted by Gasteiger charge is -2.01. The van der Waals surface area contributed by atoms with Gasteiger partial charge in [0.05, 0.1) is 16.5 Å². The maximum absolute atomic E-state index is 11.6. The van der Waals surface area contributed by atoms with Crippen molar-refractivity contribution in [2.75, 3.05) is 12.4 Å². The number of benzene rings is 1. The van der Waals surface area contributed by atoms with Gasteiger partial charge in [0.1, 0.15) is 5.69 Å². The maximum atomic E-state index is 11.6. The number of thiazole rings is 1. The molecule has 7 heteroatoms. The zero-order valence-corrected chi connectivity index (χ0v) is 10.9. The Balaban J connectivity index is 1.93. The summed E-state index contributed by atoms with van der Waals surface area (Å²) in [6.45, 7) is 0. The van der Waals surface area contributed by atoms with Gasteiger partial charge in [-0.05, 0) is 12.1 Å². The summed E-state index contributed by atoms with van der Waals surface area (Å²) in [7, 11) is 1.57. The van der Waals surface area contributed by atoms with Crippen molar-refractivity contribution in [3.8, 4) is 0 Å². The third kappa shape index (κ3) is 2.15. The number of nitrogens with one attached hydrogen (secondary N) is 3. The van der Waals surface area contributed by atoms with Crippen LogP contribution < -0.4 is 10.6 Å². The highest BCUT2D eigenvalue weighted by atomic mass is 32.1. The highest BCUT2D eigenvalue weighted by Gasteiger charge is 2.14. The van der Waals surface area contributed by atoms with Crippen molar-refractivity contribution in [1.82, 2.24) is 20.3 Å². The van der Waals surface area contributed by atoms with E-state index in [4.69, 9.17) is 0 Å². The number of hydrogen-bond acceptors (Lipinski definition) is 5. The molecule has 0 saturated carbocycles. The Hall–Kier alpha value is -2.41. The summed E-state index contributed by atoms with van der Waals surface area (Å²) in [6.07, 6.45) is 1.47. The second-order valence-electron chi connectivity index (χ2n) is 3.82. The van der Waals surface area contributed by atoms with Gasteiger partial charge < -0.3 is 15.6 Å². The smallest absolute Gasteiger partial charge is 0.271 e. The van der Waals surface area contributed by atoms with Gasteiger partial charge in [-0.15, -0.1) is 0 Å². The van der Waals surface area contributed by atoms with Gasteiger partial charge in [0.15, 0.2) is 10.9 Å². The molecular formula is C12H11N5OS. The Labute approximate surface area is 112 Å². The number of amides is 1. The molecule has 0 spiro atoms. The van der Waals surface area contributed by atoms with Crippen LogP contribution in [0.15, 0.2) is 30.6 Å². The molecule has 0 aliphatic rings. The Bertz CT molecular complexity index is 699. The number of imidazole rings is 1. The van der Waals surface area contributed by atoms with Crippen LogP contribution in [0.25, 0.3) is 10.2 Å². The fourth-order valence-corrected chi connectivity index (χ4v) is 2.58. The Morgan fingerprint density at radius 2 is 2.21 bits per heavy atom. The molecule has 96 valence electrons. The highest BCUT2D eigenvalue weighted by Crippen LogP contribution is 2.28. The molecular weight excluding hydrogens is 262 g/mol. The van der Waals surface area contributed by atoms with Crippen LogP contribution in [-0.2, 0) is 0 Å². The van der Waals surface area contributed by atoms with E-state index in [9.17, 15) is 4.79 Å². The molecule has 0 bridgehead atoms. The summed E-state index contributed by atoms with van der Waals surface area (Å²) in [6, 6.07) is 7.86. The second kappa shape index (κ2) is 4.69. The van der Waals surface area contributed by atoms with Crippen LogP contribution in [0.5, 0.6) is 0 Å². The van der Waals surface area contributed by atoms with Gasteiger partial charge in [0.25, 0.3) is 5.91 Å². The normalized spacial score (nSPS) is 10.6. The lowest BCUT2D eigenvalue weighted by atomic mass is 10.3. The number of fused-ring (bicyclic) bond motifs is 1. The Morgan fingerprint density at radius 3 is 3.00 bits per heavy atom. The standard InChI is InChI=1S/C12H11N5OS/c1-13-11(18)9-10(15-6-14-9)17-12-16-7-4-2-3-5-8(7)19-12/h2-6H,1H3,(H,13,18)(H,14,15)(H,16,17). The minimum atomic E-state index is -0.221. The maximum Gasteiger partial charge on any atom is 0.271 e. The molecule has 1 amide bonds. The Morgan fingerprint density at radius 1 is 1.37 bits per heavy atom. The number of aromatic nitrogens is 3. The first-order chi connectivity index (χ1) is 9.28. The number of H-pyrrole nitrogens is 1. The van der Waals surface area contributed by atoms with Gasteiger partial charge in [-0.2, -0.15) is 0 Å². The molecule has 0 aliphatic heterocycles. The quantitative estimate of drug-likeness (QED) is 0.682. The summed E-state index contributed by atoms with van der Waals surface area (Å²) in [4.78, 5) is 22.9. The molecule has 2 heterocycles. The van der Waals surface area contributed by atoms with Crippen molar-refractivity contribution in [3.63, 3.8) is 0 Å². The van der Waals surface area contributed by atoms with Crippen LogP contribution in [0, 0.1) is 0 Å². The first-order valence-electron chi connectivity index (χ1n) is 5.66. The first kappa shape index (κ1) is 11.7. The van der Waals surface area contributed by atoms with Crippen molar-refractivity contribution in [2.24, 2.45) is 0 Å². The fourth-order valence-electron chi connectivity index (χ4n) is 1.71. The van der Waals surface area contributed by atoms with E-state index >= 15 is 0 Å². The van der Waals surface area contributed by atoms with Gasteiger partial charge in [0.2, 0.25) is 0 Å². The predicted octanol–water partition coefficient (Wildman–Crippen LogP) is 2.12. The number of carbonyl (C=O) groups excluding carboxylic acids is 1. The van der Waals surface area contributed by atoms with E-state index in [2.05, 4.69) is 25.6 Å². The topological polar surface area (TPSA) is 82.7 Å². The number of para-hydroxylation sites is 1. The zero-order valence-electron chi connectivity index (χ0n) is 10.1. The van der Waals surface area contributed by atoms with Crippen LogP contribution in [0.4, 0.5) is 10.9 Å². The van der Waals surface area contributed by atoms with E-state index in [1.165, 1.54) is 17.7 Å². The molecule has 1 aromatic carbocycles. The van der Waals surface area contributed by atoms with Crippen molar-refractivity contribution in [1.29, 1.82) is 0 Å². The number of hydrogen-bond donors (Lipinski definition) is 3. The van der Waals surface area contributed by atoms with E-state index in [1.807, 2.05) is 24.3 Å². The Kier molecular flexibility index (Phi) is 2.88. The number of rotatable bonds is 3. The molecule has 3 N–H and O–H groups in total. The van der Waals surface area contributed by atoms with Crippen LogP contribution in [0.3, 0.4) is 0 Å². The van der Waals surface area contributed by atoms with Crippen molar-refractivity contribution in [3.05, 3.63) is 36.3 Å². The molecule has 0 aliphatic carbocycles. The van der Waals surface area contributed by atoms with Gasteiger partial charge >= 0.3 is 0 Å². The fraction of sp³-hybridized carbons (Fsp3) is 0.0833. The van der Waals surface area contributed by atoms with E-state index in [0.29, 0.717) is 16.6 Å². The van der Waals surface area contributed by atoms with Gasteiger partial charge in [-0.1, -0.05) is 23.5 Å². The third-order valence-electron chi connectivity index (χ3n) is 2.61. The van der Waals surface area contributed by atoms with Crippen LogP contribution in [-0.4, -0.2) is 27.9 Å². The third-order valence-corrected chi connectivity index (χ3v) is 3.56. The molecule has 0 saturated heterocycles. The van der Waals surface area contributed by atoms with Gasteiger partial charge in [0, 0.05) is 7.05 Å². The monoisotopic (exact) mass is 273 g/mol. The molecule has 0 fully saturated rings. The zero-order chi connectivity index (χ0) is 13.2. The molecule has 19 heavy (non-hydrogen) atoms. The summed E-state index contributed by atoms with van der Waals surface area (Å²) in [5.74, 6) is 0.250. The predicted molar refractivity (Wildman–Crippen MR) is 74.9 cm³/mol. The van der Waals surface area contributed by atoms with Crippen molar-refractivity contribution in [2.45, 2.75) is 0 Å². The molecule has 3 aromatic rings. The molecule has 0 unspecified atom stereocenters. The molecule has 3 rings (SSSR count). The average molecular weight is 273 g/mol. The summed E-state index contributed by atoms with van der Waals surface area (Å²) < 4.78 is 1.09. The molecule has 6 nitrogen and oxygen atoms in total. The van der Waals surface area contributed by atoms with E-state index in [1.54, 1.807) is 7.05 Å². The molecule has 0 atom stereocenters. The molecule has 0 radical (unpaired) electrons. The second-order valence-corrected chi connectivity index (χ2v) is 4.85. The summed E-state index contributed by atoms with van der Waals surface area (Å²) in [5.41, 5.74) is 1.31. The number of aromatic amines is 1. The first-order valence-corrected chi connectivity index (χ1v) is 6.47. The highest BCUT2D eigenvalue weighted by molar-refractivity contribution is 7.22. The number of nitrogens with zero attached hydrogens (tertiary/aromatic N) is 2. The lowest BCUT2D eigenvalue weighted by molar-refractivity contribution is 0.0959. The summed E-state index contributed by atoms with van der Waals surface area (Å²) >= 11 is 1.52. The van der Waals surface area contributed by atoms with Gasteiger partial charge in [-0.25, -0.2) is 9.97 Å². The summed E-state index contributed by atoms with van der Waals surface area (Å²) in [5, 5.41) is 6.32. The van der Waals surface area contributed by atoms with E-state index in [-0.39, 0.29) is 5.91 Å². The van der Waals surface area contributed by atoms with E-state index < -0.39 is 0 Å². The van der Waals surface area contributed by atoms with Gasteiger partial charge in [-0.3, -0.25) is 4.79 Å². The minimum Gasteiger partial charge on any atom is -0.354 e. The lowest BCUT2D eigenvalue weighted by Crippen LogP contribution is -2.19. The minimum absolute atomic E-state index is 0.221. The van der Waals surface area contributed by atoms with Crippen molar-refractivity contribution < 1.29 is 4.79 Å². The van der Waals surface area contributed by atoms with Crippen LogP contribution in [0.2, 0.25) is 0 Å². The van der Waals surface area contributed by atoms with Crippen molar-refractivity contribution >= 4 is 38.4 Å². The average Bonchev–Trinajstić information content (AvgIpc) is 3.04. The SMILES string of the molecule is CNC(=O)c1[nH]cnc1Nc1nc2ccccc2s1. The molecule has 2 aromatic heterocycles. The van der Waals surface area contributed by atoms with E-state index in [0.717, 1.165) is 10.2 Å². The number of anilines is 2. The van der Waals surface area contributed by atoms with Crippen LogP contribution in [0.1, 0.15) is 10.5 Å². The largest absolute Gasteiger partial charge is 0.354 e. The number of carbonyl (C=O) groups is 1. The van der Waals surface area contributed by atoms with Crippen LogP contribution >= 0.6 is 11.3 Å².